The number of ether oxygens (including phenoxy) is 1. The van der Waals surface area contributed by atoms with Crippen LogP contribution in [-0.2, 0) is 27.4 Å². The van der Waals surface area contributed by atoms with Gasteiger partial charge in [0, 0.05) is 24.6 Å². The molecule has 0 heterocycles. The SMILES string of the molecule is O=C(C[C@H](O)CNC(=O)OCc1ccccc1)N[C@@H](Cc1ccccc1[N+](=O)[O-])C(=O)O. The first-order chi connectivity index (χ1) is 15.3. The molecule has 170 valence electrons. The molecule has 32 heavy (non-hydrogen) atoms. The summed E-state index contributed by atoms with van der Waals surface area (Å²) in [5.74, 6) is -2.17. The van der Waals surface area contributed by atoms with E-state index in [4.69, 9.17) is 4.74 Å². The van der Waals surface area contributed by atoms with E-state index in [0.29, 0.717) is 0 Å². The highest BCUT2D eigenvalue weighted by molar-refractivity contribution is 5.84. The van der Waals surface area contributed by atoms with Crippen LogP contribution in [0, 0.1) is 10.1 Å². The normalized spacial score (nSPS) is 12.3. The van der Waals surface area contributed by atoms with Crippen molar-refractivity contribution in [1.82, 2.24) is 10.6 Å². The number of carbonyl (C=O) groups excluding carboxylic acids is 2. The third-order valence-corrected chi connectivity index (χ3v) is 4.36. The van der Waals surface area contributed by atoms with Crippen molar-refractivity contribution in [3.05, 3.63) is 75.8 Å². The van der Waals surface area contributed by atoms with Gasteiger partial charge in [-0.05, 0) is 5.56 Å². The Hall–Kier alpha value is -3.99. The van der Waals surface area contributed by atoms with Gasteiger partial charge >= 0.3 is 12.1 Å². The highest BCUT2D eigenvalue weighted by Crippen LogP contribution is 2.19. The number of carboxylic acid groups (broad SMARTS) is 1. The molecule has 2 aromatic rings. The van der Waals surface area contributed by atoms with E-state index >= 15 is 0 Å². The summed E-state index contributed by atoms with van der Waals surface area (Å²) in [5, 5.41) is 34.9. The molecule has 11 heteroatoms. The first-order valence-electron chi connectivity index (χ1n) is 9.63. The summed E-state index contributed by atoms with van der Waals surface area (Å²) in [6.45, 7) is -0.252. The van der Waals surface area contributed by atoms with Gasteiger partial charge in [-0.25, -0.2) is 9.59 Å². The summed E-state index contributed by atoms with van der Waals surface area (Å²) in [4.78, 5) is 45.7. The highest BCUT2D eigenvalue weighted by Gasteiger charge is 2.25. The average molecular weight is 445 g/mol. The largest absolute Gasteiger partial charge is 0.480 e. The molecule has 0 spiro atoms. The Bertz CT molecular complexity index is 951. The van der Waals surface area contributed by atoms with Crippen molar-refractivity contribution < 1.29 is 34.3 Å². The summed E-state index contributed by atoms with van der Waals surface area (Å²) in [7, 11) is 0. The van der Waals surface area contributed by atoms with Crippen LogP contribution in [0.25, 0.3) is 0 Å². The molecule has 0 bridgehead atoms. The molecule has 0 aliphatic heterocycles. The fourth-order valence-electron chi connectivity index (χ4n) is 2.80. The van der Waals surface area contributed by atoms with Crippen LogP contribution in [0.15, 0.2) is 54.6 Å². The van der Waals surface area contributed by atoms with Crippen LogP contribution in [0.2, 0.25) is 0 Å². The molecule has 2 aromatic carbocycles. The second kappa shape index (κ2) is 12.0. The van der Waals surface area contributed by atoms with Crippen molar-refractivity contribution in [3.63, 3.8) is 0 Å². The maximum atomic E-state index is 12.1. The molecule has 0 saturated carbocycles. The number of carbonyl (C=O) groups is 3. The van der Waals surface area contributed by atoms with E-state index in [1.54, 1.807) is 24.3 Å². The fraction of sp³-hybridized carbons (Fsp3) is 0.286. The highest BCUT2D eigenvalue weighted by atomic mass is 16.6. The van der Waals surface area contributed by atoms with E-state index in [-0.39, 0.29) is 30.8 Å². The third kappa shape index (κ3) is 8.03. The van der Waals surface area contributed by atoms with Crippen molar-refractivity contribution >= 4 is 23.7 Å². The first kappa shape index (κ1) is 24.3. The molecule has 11 nitrogen and oxygen atoms in total. The van der Waals surface area contributed by atoms with E-state index in [2.05, 4.69) is 10.6 Å². The molecule has 0 aliphatic carbocycles. The molecule has 0 radical (unpaired) electrons. The van der Waals surface area contributed by atoms with E-state index in [9.17, 15) is 34.7 Å². The van der Waals surface area contributed by atoms with Gasteiger partial charge in [-0.15, -0.1) is 0 Å². The number of aliphatic hydroxyl groups excluding tert-OH is 1. The lowest BCUT2D eigenvalue weighted by Crippen LogP contribution is -2.44. The van der Waals surface area contributed by atoms with Crippen molar-refractivity contribution in [3.8, 4) is 0 Å². The van der Waals surface area contributed by atoms with E-state index in [0.717, 1.165) is 5.56 Å². The predicted molar refractivity (Wildman–Crippen MR) is 112 cm³/mol. The number of benzene rings is 2. The number of carboxylic acids is 1. The van der Waals surface area contributed by atoms with Crippen LogP contribution in [0.5, 0.6) is 0 Å². The van der Waals surface area contributed by atoms with E-state index < -0.39 is 41.5 Å². The van der Waals surface area contributed by atoms with Gasteiger partial charge in [-0.1, -0.05) is 48.5 Å². The molecule has 0 aliphatic rings. The number of hydrogen-bond acceptors (Lipinski definition) is 7. The number of nitro groups is 1. The lowest BCUT2D eigenvalue weighted by molar-refractivity contribution is -0.385. The molecule has 0 aromatic heterocycles. The minimum Gasteiger partial charge on any atom is -0.480 e. The third-order valence-electron chi connectivity index (χ3n) is 4.36. The van der Waals surface area contributed by atoms with Crippen LogP contribution in [-0.4, -0.2) is 51.8 Å². The van der Waals surface area contributed by atoms with Gasteiger partial charge in [-0.2, -0.15) is 0 Å². The number of nitrogens with zero attached hydrogens (tertiary/aromatic N) is 1. The second-order valence-electron chi connectivity index (χ2n) is 6.85. The summed E-state index contributed by atoms with van der Waals surface area (Å²) < 4.78 is 4.98. The fourth-order valence-corrected chi connectivity index (χ4v) is 2.80. The molecule has 0 unspecified atom stereocenters. The summed E-state index contributed by atoms with van der Waals surface area (Å²) >= 11 is 0. The molecule has 2 rings (SSSR count). The van der Waals surface area contributed by atoms with Crippen LogP contribution in [0.1, 0.15) is 17.5 Å². The zero-order chi connectivity index (χ0) is 23.5. The Kier molecular flexibility index (Phi) is 9.11. The van der Waals surface area contributed by atoms with Gasteiger partial charge in [-0.3, -0.25) is 14.9 Å². The van der Waals surface area contributed by atoms with Gasteiger partial charge in [0.15, 0.2) is 0 Å². The minimum atomic E-state index is -1.43. The van der Waals surface area contributed by atoms with Crippen LogP contribution in [0.3, 0.4) is 0 Å². The number of nitro benzene ring substituents is 1. The Labute approximate surface area is 183 Å². The smallest absolute Gasteiger partial charge is 0.407 e. The maximum Gasteiger partial charge on any atom is 0.407 e. The predicted octanol–water partition coefficient (Wildman–Crippen LogP) is 1.38. The van der Waals surface area contributed by atoms with Crippen LogP contribution < -0.4 is 10.6 Å². The Morgan fingerprint density at radius 2 is 1.72 bits per heavy atom. The molecular weight excluding hydrogens is 422 g/mol. The quantitative estimate of drug-likeness (QED) is 0.297. The Balaban J connectivity index is 1.80. The average Bonchev–Trinajstić information content (AvgIpc) is 2.76. The number of amides is 2. The van der Waals surface area contributed by atoms with Crippen LogP contribution in [0.4, 0.5) is 10.5 Å². The number of para-hydroxylation sites is 1. The summed E-state index contributed by atoms with van der Waals surface area (Å²) in [6.07, 6.45) is -2.87. The van der Waals surface area contributed by atoms with Gasteiger partial charge in [0.25, 0.3) is 5.69 Å². The molecule has 0 saturated heterocycles. The van der Waals surface area contributed by atoms with Crippen molar-refractivity contribution in [2.45, 2.75) is 31.6 Å². The number of nitrogens with one attached hydrogen (secondary N) is 2. The van der Waals surface area contributed by atoms with Gasteiger partial charge in [0.2, 0.25) is 5.91 Å². The molecule has 0 fully saturated rings. The van der Waals surface area contributed by atoms with Crippen molar-refractivity contribution in [2.24, 2.45) is 0 Å². The Morgan fingerprint density at radius 1 is 1.06 bits per heavy atom. The van der Waals surface area contributed by atoms with E-state index in [1.165, 1.54) is 24.3 Å². The first-order valence-corrected chi connectivity index (χ1v) is 9.63. The van der Waals surface area contributed by atoms with Crippen molar-refractivity contribution in [1.29, 1.82) is 0 Å². The monoisotopic (exact) mass is 445 g/mol. The molecule has 2 amide bonds. The number of alkyl carbamates (subject to hydrolysis) is 1. The molecule has 2 atom stereocenters. The summed E-state index contributed by atoms with van der Waals surface area (Å²) in [6, 6.07) is 13.1. The lowest BCUT2D eigenvalue weighted by Gasteiger charge is -2.17. The molecule has 4 N–H and O–H groups in total. The zero-order valence-electron chi connectivity index (χ0n) is 17.0. The number of hydrogen-bond donors (Lipinski definition) is 4. The van der Waals surface area contributed by atoms with Gasteiger partial charge in [0.1, 0.15) is 12.6 Å². The number of aliphatic hydroxyl groups is 1. The Morgan fingerprint density at radius 3 is 2.38 bits per heavy atom. The zero-order valence-corrected chi connectivity index (χ0v) is 17.0. The lowest BCUT2D eigenvalue weighted by atomic mass is 10.0. The van der Waals surface area contributed by atoms with Crippen molar-refractivity contribution in [2.75, 3.05) is 6.54 Å². The summed E-state index contributed by atoms with van der Waals surface area (Å²) in [5.41, 5.74) is 0.667. The second-order valence-corrected chi connectivity index (χ2v) is 6.85. The van der Waals surface area contributed by atoms with E-state index in [1.807, 2.05) is 6.07 Å². The topological polar surface area (TPSA) is 168 Å². The maximum absolute atomic E-state index is 12.1. The van der Waals surface area contributed by atoms with Gasteiger partial charge in [0.05, 0.1) is 17.4 Å². The number of rotatable bonds is 11. The molecular formula is C21H23N3O8. The van der Waals surface area contributed by atoms with Crippen LogP contribution >= 0.6 is 0 Å². The standard InChI is InChI=1S/C21H23N3O8/c25-16(12-22-21(29)32-13-14-6-2-1-3-7-14)11-19(26)23-17(20(27)28)10-15-8-4-5-9-18(15)24(30)31/h1-9,16-17,25H,10-13H2,(H,22,29)(H,23,26)(H,27,28)/t16-,17-/m0/s1. The minimum absolute atomic E-state index is 0.0369. The van der Waals surface area contributed by atoms with Gasteiger partial charge < -0.3 is 25.6 Å². The number of aliphatic carboxylic acids is 1.